The summed E-state index contributed by atoms with van der Waals surface area (Å²) in [7, 11) is 0. The van der Waals surface area contributed by atoms with Gasteiger partial charge < -0.3 is 11.1 Å². The summed E-state index contributed by atoms with van der Waals surface area (Å²) in [6, 6.07) is 6.65. The molecule has 3 N–H and O–H groups in total. The quantitative estimate of drug-likeness (QED) is 0.871. The first-order chi connectivity index (χ1) is 9.47. The minimum atomic E-state index is -0.466. The maximum atomic E-state index is 11.1. The van der Waals surface area contributed by atoms with Crippen LogP contribution in [0.4, 0.5) is 0 Å². The van der Waals surface area contributed by atoms with E-state index in [0.717, 1.165) is 17.8 Å². The van der Waals surface area contributed by atoms with E-state index < -0.39 is 5.91 Å². The molecule has 1 aromatic heterocycles. The van der Waals surface area contributed by atoms with Gasteiger partial charge in [0.05, 0.1) is 17.4 Å². The Bertz CT molecular complexity index is 616. The van der Waals surface area contributed by atoms with E-state index in [1.165, 1.54) is 11.8 Å². The van der Waals surface area contributed by atoms with Crippen LogP contribution in [0.5, 0.6) is 0 Å². The molecule has 0 saturated heterocycles. The maximum Gasteiger partial charge on any atom is 0.251 e. The van der Waals surface area contributed by atoms with Crippen molar-refractivity contribution in [1.29, 1.82) is 0 Å². The molecule has 1 heterocycles. The van der Waals surface area contributed by atoms with Crippen molar-refractivity contribution >= 4 is 5.91 Å². The molecule has 20 heavy (non-hydrogen) atoms. The van der Waals surface area contributed by atoms with E-state index in [1.54, 1.807) is 10.9 Å². The van der Waals surface area contributed by atoms with E-state index >= 15 is 0 Å². The summed E-state index contributed by atoms with van der Waals surface area (Å²) >= 11 is 0. The third kappa shape index (κ3) is 3.24. The molecule has 0 aliphatic heterocycles. The predicted molar refractivity (Wildman–Crippen MR) is 78.8 cm³/mol. The lowest BCUT2D eigenvalue weighted by Crippen LogP contribution is -2.21. The van der Waals surface area contributed by atoms with Gasteiger partial charge in [-0.15, -0.1) is 0 Å². The summed E-state index contributed by atoms with van der Waals surface area (Å²) in [5.74, 6) is -0.466. The molecule has 106 valence electrons. The van der Waals surface area contributed by atoms with Crippen LogP contribution in [0.2, 0.25) is 0 Å². The molecule has 0 atom stereocenters. The molecule has 0 aliphatic carbocycles. The fourth-order valence-electron chi connectivity index (χ4n) is 1.92. The van der Waals surface area contributed by atoms with Crippen LogP contribution < -0.4 is 11.1 Å². The maximum absolute atomic E-state index is 11.1. The Labute approximate surface area is 118 Å². The standard InChI is InChI=1S/C15H20N4O/c1-10(2)17-7-12-5-4-11(3)14(6-12)19-9-13(8-18-19)15(16)20/h4-6,8-10,17H,7H2,1-3H3,(H2,16,20). The average molecular weight is 272 g/mol. The van der Waals surface area contributed by atoms with Gasteiger partial charge in [0.2, 0.25) is 0 Å². The molecule has 2 rings (SSSR count). The molecule has 5 nitrogen and oxygen atoms in total. The van der Waals surface area contributed by atoms with Gasteiger partial charge in [-0.25, -0.2) is 4.68 Å². The summed E-state index contributed by atoms with van der Waals surface area (Å²) in [5, 5.41) is 7.58. The second-order valence-corrected chi connectivity index (χ2v) is 5.19. The fourth-order valence-corrected chi connectivity index (χ4v) is 1.92. The highest BCUT2D eigenvalue weighted by Gasteiger charge is 2.08. The smallest absolute Gasteiger partial charge is 0.251 e. The first-order valence-electron chi connectivity index (χ1n) is 6.65. The lowest BCUT2D eigenvalue weighted by atomic mass is 10.1. The number of benzene rings is 1. The molecule has 0 radical (unpaired) electrons. The summed E-state index contributed by atoms with van der Waals surface area (Å²) in [6.07, 6.45) is 3.14. The average Bonchev–Trinajstić information content (AvgIpc) is 2.87. The van der Waals surface area contributed by atoms with Gasteiger partial charge in [0.1, 0.15) is 0 Å². The molecule has 5 heteroatoms. The van der Waals surface area contributed by atoms with Crippen LogP contribution in [0.15, 0.2) is 30.6 Å². The number of nitrogens with zero attached hydrogens (tertiary/aromatic N) is 2. The van der Waals surface area contributed by atoms with Gasteiger partial charge in [-0.05, 0) is 24.1 Å². The van der Waals surface area contributed by atoms with Crippen molar-refractivity contribution in [3.05, 3.63) is 47.3 Å². The lowest BCUT2D eigenvalue weighted by molar-refractivity contribution is 0.100. The van der Waals surface area contributed by atoms with Crippen molar-refractivity contribution in [2.24, 2.45) is 5.73 Å². The topological polar surface area (TPSA) is 72.9 Å². The predicted octanol–water partition coefficient (Wildman–Crippen LogP) is 1.78. The van der Waals surface area contributed by atoms with Gasteiger partial charge in [0, 0.05) is 18.8 Å². The van der Waals surface area contributed by atoms with Gasteiger partial charge in [-0.3, -0.25) is 4.79 Å². The molecular weight excluding hydrogens is 252 g/mol. The summed E-state index contributed by atoms with van der Waals surface area (Å²) in [4.78, 5) is 11.1. The van der Waals surface area contributed by atoms with Crippen LogP contribution in [0, 0.1) is 6.92 Å². The number of nitrogens with one attached hydrogen (secondary N) is 1. The normalized spacial score (nSPS) is 11.0. The molecule has 0 spiro atoms. The number of carbonyl (C=O) groups excluding carboxylic acids is 1. The highest BCUT2D eigenvalue weighted by molar-refractivity contribution is 5.92. The van der Waals surface area contributed by atoms with E-state index in [9.17, 15) is 4.79 Å². The van der Waals surface area contributed by atoms with Crippen molar-refractivity contribution < 1.29 is 4.79 Å². The second-order valence-electron chi connectivity index (χ2n) is 5.19. The van der Waals surface area contributed by atoms with Crippen LogP contribution in [0.25, 0.3) is 5.69 Å². The van der Waals surface area contributed by atoms with Crippen molar-refractivity contribution in [1.82, 2.24) is 15.1 Å². The van der Waals surface area contributed by atoms with Gasteiger partial charge in [0.25, 0.3) is 5.91 Å². The number of hydrogen-bond acceptors (Lipinski definition) is 3. The Morgan fingerprint density at radius 2 is 2.20 bits per heavy atom. The number of primary amides is 1. The zero-order chi connectivity index (χ0) is 14.7. The zero-order valence-corrected chi connectivity index (χ0v) is 12.1. The van der Waals surface area contributed by atoms with E-state index in [2.05, 4.69) is 42.5 Å². The number of amides is 1. The fraction of sp³-hybridized carbons (Fsp3) is 0.333. The number of aromatic nitrogens is 2. The number of hydrogen-bond donors (Lipinski definition) is 2. The van der Waals surface area contributed by atoms with Crippen LogP contribution in [-0.2, 0) is 6.54 Å². The van der Waals surface area contributed by atoms with Gasteiger partial charge >= 0.3 is 0 Å². The molecule has 0 bridgehead atoms. The van der Waals surface area contributed by atoms with Crippen LogP contribution >= 0.6 is 0 Å². The van der Waals surface area contributed by atoms with Gasteiger partial charge in [-0.2, -0.15) is 5.10 Å². The largest absolute Gasteiger partial charge is 0.366 e. The molecule has 1 amide bonds. The van der Waals surface area contributed by atoms with E-state index in [0.29, 0.717) is 11.6 Å². The first-order valence-corrected chi connectivity index (χ1v) is 6.65. The first kappa shape index (κ1) is 14.3. The van der Waals surface area contributed by atoms with Crippen LogP contribution in [0.3, 0.4) is 0 Å². The SMILES string of the molecule is Cc1ccc(CNC(C)C)cc1-n1cc(C(N)=O)cn1. The molecule has 2 aromatic rings. The van der Waals surface area contributed by atoms with Crippen molar-refractivity contribution in [2.45, 2.75) is 33.4 Å². The minimum Gasteiger partial charge on any atom is -0.366 e. The molecule has 1 aromatic carbocycles. The van der Waals surface area contributed by atoms with E-state index in [-0.39, 0.29) is 0 Å². The molecular formula is C15H20N4O. The third-order valence-corrected chi connectivity index (χ3v) is 3.10. The Kier molecular flexibility index (Phi) is 4.20. The van der Waals surface area contributed by atoms with Gasteiger partial charge in [0.15, 0.2) is 0 Å². The summed E-state index contributed by atoms with van der Waals surface area (Å²) < 4.78 is 1.69. The monoisotopic (exact) mass is 272 g/mol. The number of rotatable bonds is 5. The number of carbonyl (C=O) groups is 1. The van der Waals surface area contributed by atoms with Crippen molar-refractivity contribution in [3.63, 3.8) is 0 Å². The summed E-state index contributed by atoms with van der Waals surface area (Å²) in [5.41, 5.74) is 8.89. The highest BCUT2D eigenvalue weighted by atomic mass is 16.1. The number of nitrogens with two attached hydrogens (primary N) is 1. The van der Waals surface area contributed by atoms with Crippen LogP contribution in [-0.4, -0.2) is 21.7 Å². The number of aryl methyl sites for hydroxylation is 1. The van der Waals surface area contributed by atoms with Gasteiger partial charge in [-0.1, -0.05) is 26.0 Å². The lowest BCUT2D eigenvalue weighted by Gasteiger charge is -2.11. The molecule has 0 aliphatic rings. The van der Waals surface area contributed by atoms with Crippen molar-refractivity contribution in [2.75, 3.05) is 0 Å². The van der Waals surface area contributed by atoms with E-state index in [1.807, 2.05) is 6.92 Å². The Balaban J connectivity index is 2.29. The molecule has 0 unspecified atom stereocenters. The molecule has 0 saturated carbocycles. The minimum absolute atomic E-state index is 0.412. The Hall–Kier alpha value is -2.14. The van der Waals surface area contributed by atoms with Crippen molar-refractivity contribution in [3.8, 4) is 5.69 Å². The Morgan fingerprint density at radius 3 is 2.80 bits per heavy atom. The third-order valence-electron chi connectivity index (χ3n) is 3.10. The second kappa shape index (κ2) is 5.88. The van der Waals surface area contributed by atoms with Crippen LogP contribution in [0.1, 0.15) is 35.3 Å². The summed E-state index contributed by atoms with van der Waals surface area (Å²) in [6.45, 7) is 7.04. The van der Waals surface area contributed by atoms with E-state index in [4.69, 9.17) is 5.73 Å². The Morgan fingerprint density at radius 1 is 1.45 bits per heavy atom. The zero-order valence-electron chi connectivity index (χ0n) is 12.1. The molecule has 0 fully saturated rings. The highest BCUT2D eigenvalue weighted by Crippen LogP contribution is 2.16.